The Hall–Kier alpha value is -2.24. The highest BCUT2D eigenvalue weighted by molar-refractivity contribution is 5.85. The van der Waals surface area contributed by atoms with E-state index in [4.69, 9.17) is 9.26 Å². The van der Waals surface area contributed by atoms with Crippen molar-refractivity contribution in [2.24, 2.45) is 0 Å². The average Bonchev–Trinajstić information content (AvgIpc) is 2.78. The van der Waals surface area contributed by atoms with E-state index in [1.807, 2.05) is 0 Å². The highest BCUT2D eigenvalue weighted by atomic mass is 19.1. The second-order valence-electron chi connectivity index (χ2n) is 3.15. The van der Waals surface area contributed by atoms with Crippen molar-refractivity contribution in [3.05, 3.63) is 35.9 Å². The predicted molar refractivity (Wildman–Crippen MR) is 55.6 cm³/mol. The summed E-state index contributed by atoms with van der Waals surface area (Å²) < 4.78 is 22.5. The first-order chi connectivity index (χ1) is 8.20. The van der Waals surface area contributed by atoms with E-state index in [1.54, 1.807) is 13.0 Å². The van der Waals surface area contributed by atoms with E-state index in [2.05, 4.69) is 10.1 Å². The molecule has 0 spiro atoms. The Labute approximate surface area is 96.2 Å². The molecular weight excluding hydrogens is 227 g/mol. The summed E-state index contributed by atoms with van der Waals surface area (Å²) in [5.41, 5.74) is 0.410. The number of hydrogen-bond donors (Lipinski definition) is 0. The van der Waals surface area contributed by atoms with Crippen molar-refractivity contribution in [1.82, 2.24) is 10.1 Å². The monoisotopic (exact) mass is 236 g/mol. The number of benzene rings is 1. The zero-order valence-corrected chi connectivity index (χ0v) is 9.01. The lowest BCUT2D eigenvalue weighted by atomic mass is 10.2. The fraction of sp³-hybridized carbons (Fsp3) is 0.182. The van der Waals surface area contributed by atoms with Gasteiger partial charge in [0, 0.05) is 5.56 Å². The summed E-state index contributed by atoms with van der Waals surface area (Å²) >= 11 is 0. The van der Waals surface area contributed by atoms with Gasteiger partial charge in [-0.3, -0.25) is 0 Å². The minimum absolute atomic E-state index is 0.0764. The number of carbonyl (C=O) groups is 1. The fourth-order valence-corrected chi connectivity index (χ4v) is 1.24. The minimum Gasteiger partial charge on any atom is -0.460 e. The van der Waals surface area contributed by atoms with Crippen LogP contribution in [-0.4, -0.2) is 22.7 Å². The Morgan fingerprint density at radius 1 is 1.53 bits per heavy atom. The van der Waals surface area contributed by atoms with Crippen LogP contribution in [0.4, 0.5) is 4.39 Å². The molecule has 6 heteroatoms. The quantitative estimate of drug-likeness (QED) is 0.763. The molecule has 0 amide bonds. The second kappa shape index (κ2) is 4.73. The van der Waals surface area contributed by atoms with Crippen LogP contribution in [0.2, 0.25) is 0 Å². The van der Waals surface area contributed by atoms with Crippen molar-refractivity contribution in [3.63, 3.8) is 0 Å². The van der Waals surface area contributed by atoms with E-state index in [1.165, 1.54) is 18.2 Å². The Morgan fingerprint density at radius 3 is 3.06 bits per heavy atom. The largest absolute Gasteiger partial charge is 0.460 e. The highest BCUT2D eigenvalue weighted by Crippen LogP contribution is 2.17. The molecule has 0 bridgehead atoms. The first-order valence-corrected chi connectivity index (χ1v) is 4.97. The number of ether oxygens (including phenoxy) is 1. The molecule has 2 rings (SSSR count). The molecule has 5 nitrogen and oxygen atoms in total. The molecule has 17 heavy (non-hydrogen) atoms. The van der Waals surface area contributed by atoms with Crippen LogP contribution >= 0.6 is 0 Å². The van der Waals surface area contributed by atoms with Gasteiger partial charge < -0.3 is 9.26 Å². The van der Waals surface area contributed by atoms with Crippen LogP contribution in [0, 0.1) is 5.82 Å². The van der Waals surface area contributed by atoms with Crippen LogP contribution in [0.3, 0.4) is 0 Å². The normalized spacial score (nSPS) is 10.2. The van der Waals surface area contributed by atoms with Crippen LogP contribution < -0.4 is 0 Å². The standard InChI is InChI=1S/C11H9FN2O3/c1-2-16-11(15)9-13-10(17-14-9)7-4-3-5-8(12)6-7/h3-6H,2H2,1H3. The summed E-state index contributed by atoms with van der Waals surface area (Å²) in [6.45, 7) is 1.90. The van der Waals surface area contributed by atoms with Gasteiger partial charge in [0.05, 0.1) is 6.61 Å². The topological polar surface area (TPSA) is 65.2 Å². The Bertz CT molecular complexity index is 539. The number of halogens is 1. The number of rotatable bonds is 3. The van der Waals surface area contributed by atoms with Crippen LogP contribution in [-0.2, 0) is 4.74 Å². The molecule has 1 aromatic heterocycles. The van der Waals surface area contributed by atoms with E-state index in [-0.39, 0.29) is 18.3 Å². The van der Waals surface area contributed by atoms with E-state index in [0.29, 0.717) is 5.56 Å². The number of aromatic nitrogens is 2. The fourth-order valence-electron chi connectivity index (χ4n) is 1.24. The maximum absolute atomic E-state index is 13.0. The zero-order chi connectivity index (χ0) is 12.3. The molecule has 0 radical (unpaired) electrons. The van der Waals surface area contributed by atoms with E-state index >= 15 is 0 Å². The van der Waals surface area contributed by atoms with Gasteiger partial charge in [-0.05, 0) is 30.3 Å². The summed E-state index contributed by atoms with van der Waals surface area (Å²) in [5.74, 6) is -1.18. The first kappa shape index (κ1) is 11.3. The summed E-state index contributed by atoms with van der Waals surface area (Å²) in [4.78, 5) is 15.1. The lowest BCUT2D eigenvalue weighted by Crippen LogP contribution is -2.06. The molecular formula is C11H9FN2O3. The van der Waals surface area contributed by atoms with Gasteiger partial charge in [0.25, 0.3) is 11.7 Å². The summed E-state index contributed by atoms with van der Waals surface area (Å²) in [5, 5.41) is 3.46. The van der Waals surface area contributed by atoms with Crippen LogP contribution in [0.15, 0.2) is 28.8 Å². The predicted octanol–water partition coefficient (Wildman–Crippen LogP) is 2.05. The van der Waals surface area contributed by atoms with E-state index in [9.17, 15) is 9.18 Å². The van der Waals surface area contributed by atoms with Crippen LogP contribution in [0.5, 0.6) is 0 Å². The molecule has 2 aromatic rings. The maximum Gasteiger partial charge on any atom is 0.379 e. The molecule has 0 aliphatic heterocycles. The molecule has 0 saturated carbocycles. The van der Waals surface area contributed by atoms with Crippen molar-refractivity contribution in [2.45, 2.75) is 6.92 Å². The van der Waals surface area contributed by atoms with Crippen molar-refractivity contribution >= 4 is 5.97 Å². The van der Waals surface area contributed by atoms with Gasteiger partial charge in [0.2, 0.25) is 0 Å². The zero-order valence-electron chi connectivity index (χ0n) is 9.01. The van der Waals surface area contributed by atoms with Gasteiger partial charge in [0.1, 0.15) is 5.82 Å². The van der Waals surface area contributed by atoms with Gasteiger partial charge in [-0.25, -0.2) is 9.18 Å². The molecule has 0 N–H and O–H groups in total. The first-order valence-electron chi connectivity index (χ1n) is 4.97. The van der Waals surface area contributed by atoms with Crippen molar-refractivity contribution < 1.29 is 18.4 Å². The lowest BCUT2D eigenvalue weighted by Gasteiger charge is -1.94. The van der Waals surface area contributed by atoms with Gasteiger partial charge >= 0.3 is 5.97 Å². The Balaban J connectivity index is 2.27. The SMILES string of the molecule is CCOC(=O)c1noc(-c2cccc(F)c2)n1. The van der Waals surface area contributed by atoms with Crippen molar-refractivity contribution in [3.8, 4) is 11.5 Å². The second-order valence-corrected chi connectivity index (χ2v) is 3.15. The molecule has 0 unspecified atom stereocenters. The third kappa shape index (κ3) is 2.47. The molecule has 88 valence electrons. The summed E-state index contributed by atoms with van der Waals surface area (Å²) in [6, 6.07) is 5.65. The molecule has 1 aromatic carbocycles. The van der Waals surface area contributed by atoms with Gasteiger partial charge in [-0.15, -0.1) is 0 Å². The number of hydrogen-bond acceptors (Lipinski definition) is 5. The van der Waals surface area contributed by atoms with Crippen LogP contribution in [0.1, 0.15) is 17.5 Å². The molecule has 1 heterocycles. The smallest absolute Gasteiger partial charge is 0.379 e. The number of esters is 1. The van der Waals surface area contributed by atoms with E-state index < -0.39 is 11.8 Å². The molecule has 0 aliphatic carbocycles. The maximum atomic E-state index is 13.0. The highest BCUT2D eigenvalue weighted by Gasteiger charge is 2.16. The summed E-state index contributed by atoms with van der Waals surface area (Å²) in [7, 11) is 0. The molecule has 0 atom stereocenters. The lowest BCUT2D eigenvalue weighted by molar-refractivity contribution is 0.0508. The number of carbonyl (C=O) groups excluding carboxylic acids is 1. The third-order valence-corrected chi connectivity index (χ3v) is 1.96. The van der Waals surface area contributed by atoms with Crippen LogP contribution in [0.25, 0.3) is 11.5 Å². The van der Waals surface area contributed by atoms with Crippen molar-refractivity contribution in [2.75, 3.05) is 6.61 Å². The Kier molecular flexibility index (Phi) is 3.13. The summed E-state index contributed by atoms with van der Waals surface area (Å²) in [6.07, 6.45) is 0. The Morgan fingerprint density at radius 2 is 2.35 bits per heavy atom. The third-order valence-electron chi connectivity index (χ3n) is 1.96. The molecule has 0 aliphatic rings. The van der Waals surface area contributed by atoms with Crippen molar-refractivity contribution in [1.29, 1.82) is 0 Å². The van der Waals surface area contributed by atoms with E-state index in [0.717, 1.165) is 0 Å². The molecule has 0 fully saturated rings. The number of nitrogens with zero attached hydrogens (tertiary/aromatic N) is 2. The van der Waals surface area contributed by atoms with Gasteiger partial charge in [0.15, 0.2) is 0 Å². The van der Waals surface area contributed by atoms with Gasteiger partial charge in [-0.1, -0.05) is 6.07 Å². The minimum atomic E-state index is -0.668. The van der Waals surface area contributed by atoms with Gasteiger partial charge in [-0.2, -0.15) is 4.98 Å². The average molecular weight is 236 g/mol. The molecule has 0 saturated heterocycles.